The van der Waals surface area contributed by atoms with Gasteiger partial charge >= 0.3 is 0 Å². The van der Waals surface area contributed by atoms with E-state index in [2.05, 4.69) is 71.0 Å². The average molecular weight is 309 g/mol. The predicted molar refractivity (Wildman–Crippen MR) is 76.4 cm³/mol. The quantitative estimate of drug-likeness (QED) is 0.928. The molecule has 2 rings (SSSR count). The van der Waals surface area contributed by atoms with Crippen molar-refractivity contribution in [2.75, 3.05) is 5.73 Å². The molecule has 1 aromatic carbocycles. The van der Waals surface area contributed by atoms with Crippen LogP contribution in [0.15, 0.2) is 29.0 Å². The van der Waals surface area contributed by atoms with Crippen LogP contribution in [0.3, 0.4) is 0 Å². The minimum Gasteiger partial charge on any atom is -0.366 e. The molecular formula is C13H17BrN4. The van der Waals surface area contributed by atoms with Crippen LogP contribution in [0.4, 0.5) is 5.95 Å². The SMILES string of the molecule is CC(C)(C)c1ccc(Cn2nc(N)nc2Br)cc1. The molecule has 18 heavy (non-hydrogen) atoms. The van der Waals surface area contributed by atoms with E-state index in [0.717, 1.165) is 0 Å². The first kappa shape index (κ1) is 13.1. The molecule has 0 fully saturated rings. The molecule has 0 aliphatic rings. The van der Waals surface area contributed by atoms with Crippen molar-refractivity contribution in [1.29, 1.82) is 0 Å². The highest BCUT2D eigenvalue weighted by Crippen LogP contribution is 2.22. The summed E-state index contributed by atoms with van der Waals surface area (Å²) in [6, 6.07) is 8.54. The van der Waals surface area contributed by atoms with Crippen molar-refractivity contribution in [3.05, 3.63) is 40.1 Å². The van der Waals surface area contributed by atoms with Crippen molar-refractivity contribution >= 4 is 21.9 Å². The third kappa shape index (κ3) is 2.90. The van der Waals surface area contributed by atoms with Gasteiger partial charge in [0.2, 0.25) is 5.95 Å². The van der Waals surface area contributed by atoms with Gasteiger partial charge in [-0.1, -0.05) is 45.0 Å². The van der Waals surface area contributed by atoms with Crippen LogP contribution >= 0.6 is 15.9 Å². The second kappa shape index (κ2) is 4.72. The van der Waals surface area contributed by atoms with Crippen molar-refractivity contribution < 1.29 is 0 Å². The lowest BCUT2D eigenvalue weighted by Crippen LogP contribution is -2.11. The number of halogens is 1. The molecule has 0 saturated carbocycles. The lowest BCUT2D eigenvalue weighted by Gasteiger charge is -2.19. The maximum Gasteiger partial charge on any atom is 0.240 e. The van der Waals surface area contributed by atoms with Crippen LogP contribution in [0.25, 0.3) is 0 Å². The first-order chi connectivity index (χ1) is 8.36. The van der Waals surface area contributed by atoms with Crippen molar-refractivity contribution in [3.8, 4) is 0 Å². The molecule has 0 amide bonds. The molecule has 0 aliphatic carbocycles. The third-order valence-corrected chi connectivity index (χ3v) is 3.38. The largest absolute Gasteiger partial charge is 0.366 e. The molecule has 96 valence electrons. The topological polar surface area (TPSA) is 56.7 Å². The highest BCUT2D eigenvalue weighted by atomic mass is 79.9. The molecule has 2 N–H and O–H groups in total. The van der Waals surface area contributed by atoms with Crippen LogP contribution in [0.5, 0.6) is 0 Å². The molecule has 0 unspecified atom stereocenters. The normalized spacial score (nSPS) is 11.8. The number of hydrogen-bond donors (Lipinski definition) is 1. The van der Waals surface area contributed by atoms with Gasteiger partial charge in [0.1, 0.15) is 0 Å². The Labute approximate surface area is 115 Å². The summed E-state index contributed by atoms with van der Waals surface area (Å²) in [4.78, 5) is 4.01. The van der Waals surface area contributed by atoms with Gasteiger partial charge in [0, 0.05) is 0 Å². The van der Waals surface area contributed by atoms with Crippen LogP contribution < -0.4 is 5.73 Å². The molecule has 4 nitrogen and oxygen atoms in total. The van der Waals surface area contributed by atoms with E-state index in [4.69, 9.17) is 5.73 Å². The van der Waals surface area contributed by atoms with E-state index in [-0.39, 0.29) is 11.4 Å². The fraction of sp³-hybridized carbons (Fsp3) is 0.385. The summed E-state index contributed by atoms with van der Waals surface area (Å²) in [6.45, 7) is 7.28. The van der Waals surface area contributed by atoms with Crippen molar-refractivity contribution in [2.45, 2.75) is 32.7 Å². The van der Waals surface area contributed by atoms with Crippen LogP contribution in [-0.4, -0.2) is 14.8 Å². The molecule has 0 bridgehead atoms. The van der Waals surface area contributed by atoms with E-state index >= 15 is 0 Å². The molecule has 0 atom stereocenters. The Kier molecular flexibility index (Phi) is 3.43. The molecular weight excluding hydrogens is 292 g/mol. The third-order valence-electron chi connectivity index (χ3n) is 2.80. The van der Waals surface area contributed by atoms with Gasteiger partial charge in [0.15, 0.2) is 4.73 Å². The van der Waals surface area contributed by atoms with Crippen LogP contribution in [-0.2, 0) is 12.0 Å². The first-order valence-corrected chi connectivity index (χ1v) is 6.61. The molecule has 0 saturated heterocycles. The van der Waals surface area contributed by atoms with Gasteiger partial charge in [-0.2, -0.15) is 4.98 Å². The van der Waals surface area contributed by atoms with Gasteiger partial charge in [0.05, 0.1) is 6.54 Å². The Morgan fingerprint density at radius 1 is 1.22 bits per heavy atom. The molecule has 0 radical (unpaired) electrons. The van der Waals surface area contributed by atoms with E-state index in [9.17, 15) is 0 Å². The van der Waals surface area contributed by atoms with E-state index in [1.165, 1.54) is 11.1 Å². The minimum absolute atomic E-state index is 0.177. The number of benzene rings is 1. The summed E-state index contributed by atoms with van der Waals surface area (Å²) in [5.74, 6) is 0.285. The van der Waals surface area contributed by atoms with Gasteiger partial charge in [0.25, 0.3) is 0 Å². The van der Waals surface area contributed by atoms with Crippen molar-refractivity contribution in [2.24, 2.45) is 0 Å². The minimum atomic E-state index is 0.177. The Bertz CT molecular complexity index is 537. The Morgan fingerprint density at radius 2 is 1.83 bits per heavy atom. The molecule has 5 heteroatoms. The lowest BCUT2D eigenvalue weighted by molar-refractivity contribution is 0.589. The summed E-state index contributed by atoms with van der Waals surface area (Å²) in [5.41, 5.74) is 8.22. The monoisotopic (exact) mass is 308 g/mol. The number of rotatable bonds is 2. The first-order valence-electron chi connectivity index (χ1n) is 5.81. The number of nitrogens with zero attached hydrogens (tertiary/aromatic N) is 3. The fourth-order valence-corrected chi connectivity index (χ4v) is 2.11. The standard InChI is InChI=1S/C13H17BrN4/c1-13(2,3)10-6-4-9(5-7-10)8-18-11(14)16-12(15)17-18/h4-7H,8H2,1-3H3,(H2,15,17). The number of nitrogen functional groups attached to an aromatic ring is 1. The fourth-order valence-electron chi connectivity index (χ4n) is 1.72. The molecule has 0 aliphatic heterocycles. The zero-order valence-electron chi connectivity index (χ0n) is 10.8. The van der Waals surface area contributed by atoms with Gasteiger partial charge in [-0.25, -0.2) is 4.68 Å². The second-order valence-electron chi connectivity index (χ2n) is 5.34. The van der Waals surface area contributed by atoms with E-state index in [0.29, 0.717) is 11.3 Å². The maximum atomic E-state index is 5.54. The van der Waals surface area contributed by atoms with Crippen LogP contribution in [0.2, 0.25) is 0 Å². The summed E-state index contributed by atoms with van der Waals surface area (Å²) in [7, 11) is 0. The Hall–Kier alpha value is -1.36. The predicted octanol–water partition coefficient (Wildman–Crippen LogP) is 2.97. The van der Waals surface area contributed by atoms with E-state index in [1.807, 2.05) is 0 Å². The molecule has 0 spiro atoms. The van der Waals surface area contributed by atoms with Gasteiger partial charge < -0.3 is 5.73 Å². The number of aromatic nitrogens is 3. The highest BCUT2D eigenvalue weighted by Gasteiger charge is 2.13. The van der Waals surface area contributed by atoms with Crippen LogP contribution in [0, 0.1) is 0 Å². The van der Waals surface area contributed by atoms with Gasteiger partial charge in [-0.05, 0) is 32.5 Å². The number of nitrogens with two attached hydrogens (primary N) is 1. The summed E-state index contributed by atoms with van der Waals surface area (Å²) in [6.07, 6.45) is 0. The summed E-state index contributed by atoms with van der Waals surface area (Å²) >= 11 is 3.33. The lowest BCUT2D eigenvalue weighted by atomic mass is 9.87. The van der Waals surface area contributed by atoms with E-state index in [1.54, 1.807) is 4.68 Å². The zero-order chi connectivity index (χ0) is 13.3. The average Bonchev–Trinajstić information content (AvgIpc) is 2.57. The second-order valence-corrected chi connectivity index (χ2v) is 6.05. The highest BCUT2D eigenvalue weighted by molar-refractivity contribution is 9.10. The van der Waals surface area contributed by atoms with Gasteiger partial charge in [-0.3, -0.25) is 0 Å². The summed E-state index contributed by atoms with van der Waals surface area (Å²) in [5, 5.41) is 4.11. The Balaban J connectivity index is 2.18. The van der Waals surface area contributed by atoms with Crippen molar-refractivity contribution in [1.82, 2.24) is 14.8 Å². The molecule has 2 aromatic rings. The number of hydrogen-bond acceptors (Lipinski definition) is 3. The van der Waals surface area contributed by atoms with Crippen molar-refractivity contribution in [3.63, 3.8) is 0 Å². The smallest absolute Gasteiger partial charge is 0.240 e. The maximum absolute atomic E-state index is 5.54. The summed E-state index contributed by atoms with van der Waals surface area (Å²) < 4.78 is 2.39. The molecule has 1 heterocycles. The Morgan fingerprint density at radius 3 is 2.28 bits per heavy atom. The van der Waals surface area contributed by atoms with Crippen LogP contribution in [0.1, 0.15) is 31.9 Å². The molecule has 1 aromatic heterocycles. The van der Waals surface area contributed by atoms with E-state index < -0.39 is 0 Å². The zero-order valence-corrected chi connectivity index (χ0v) is 12.4. The van der Waals surface area contributed by atoms with Gasteiger partial charge in [-0.15, -0.1) is 5.10 Å². The number of anilines is 1.